The standard InChI is InChI=1S/C33H52P2/c1-23-17-24(2)20-28(19-23)34(29-21-25(3)18-26(4)22-29)27(5)31-15-12-16-32(31)35(9,33(6,7)8)30-13-10-11-14-30/h17-22,27,30-32,35H,10-16H2,1-9H3/t27?,31-,32-/m0/s1. The summed E-state index contributed by atoms with van der Waals surface area (Å²) in [6.07, 6.45) is 10.4. The van der Waals surface area contributed by atoms with Gasteiger partial charge in [-0.15, -0.1) is 0 Å². The van der Waals surface area contributed by atoms with E-state index in [1.165, 1.54) is 67.2 Å². The first-order valence-electron chi connectivity index (χ1n) is 14.4. The van der Waals surface area contributed by atoms with Gasteiger partial charge in [0.05, 0.1) is 0 Å². The van der Waals surface area contributed by atoms with Crippen LogP contribution in [0.25, 0.3) is 0 Å². The van der Waals surface area contributed by atoms with Gasteiger partial charge in [0, 0.05) is 0 Å². The summed E-state index contributed by atoms with van der Waals surface area (Å²) >= 11 is 0. The first kappa shape index (κ1) is 27.3. The Morgan fingerprint density at radius 2 is 1.17 bits per heavy atom. The monoisotopic (exact) mass is 510 g/mol. The van der Waals surface area contributed by atoms with Gasteiger partial charge in [-0.1, -0.05) is 0 Å². The summed E-state index contributed by atoms with van der Waals surface area (Å²) in [6, 6.07) is 14.8. The van der Waals surface area contributed by atoms with Gasteiger partial charge in [0.15, 0.2) is 0 Å². The van der Waals surface area contributed by atoms with Gasteiger partial charge in [-0.3, -0.25) is 0 Å². The number of aryl methyl sites for hydroxylation is 4. The summed E-state index contributed by atoms with van der Waals surface area (Å²) in [5.74, 6) is 0.874. The second-order valence-corrected chi connectivity index (χ2v) is 21.7. The molecule has 0 spiro atoms. The van der Waals surface area contributed by atoms with Crippen molar-refractivity contribution in [1.82, 2.24) is 0 Å². The molecule has 0 heterocycles. The van der Waals surface area contributed by atoms with Crippen LogP contribution in [0.2, 0.25) is 0 Å². The molecule has 2 heteroatoms. The van der Waals surface area contributed by atoms with Crippen LogP contribution in [0.1, 0.15) is 94.9 Å². The molecule has 0 N–H and O–H groups in total. The van der Waals surface area contributed by atoms with Crippen molar-refractivity contribution in [3.63, 3.8) is 0 Å². The van der Waals surface area contributed by atoms with Crippen molar-refractivity contribution >= 4 is 25.8 Å². The van der Waals surface area contributed by atoms with Crippen molar-refractivity contribution < 1.29 is 0 Å². The molecular formula is C33H52P2. The molecular weight excluding hydrogens is 458 g/mol. The van der Waals surface area contributed by atoms with Gasteiger partial charge >= 0.3 is 219 Å². The van der Waals surface area contributed by atoms with Crippen LogP contribution in [0.4, 0.5) is 0 Å². The van der Waals surface area contributed by atoms with Crippen LogP contribution in [-0.4, -0.2) is 28.8 Å². The Bertz CT molecular complexity index is 934. The van der Waals surface area contributed by atoms with E-state index in [0.717, 1.165) is 22.9 Å². The third kappa shape index (κ3) is 5.46. The Kier molecular flexibility index (Phi) is 8.26. The molecule has 0 amide bonds. The van der Waals surface area contributed by atoms with Crippen LogP contribution in [0.3, 0.4) is 0 Å². The van der Waals surface area contributed by atoms with Crippen molar-refractivity contribution in [2.24, 2.45) is 5.92 Å². The van der Waals surface area contributed by atoms with E-state index >= 15 is 0 Å². The van der Waals surface area contributed by atoms with E-state index in [2.05, 4.69) is 98.5 Å². The van der Waals surface area contributed by atoms with Crippen molar-refractivity contribution in [2.75, 3.05) is 6.66 Å². The predicted octanol–water partition coefficient (Wildman–Crippen LogP) is 9.03. The SMILES string of the molecule is Cc1cc(C)cc(P(c2cc(C)cc(C)c2)C(C)[C@@H]2CCC[C@@H]2[PH](C)(C2CCCC2)C(C)(C)C)c1. The number of benzene rings is 2. The zero-order valence-corrected chi connectivity index (χ0v) is 26.1. The molecule has 0 aliphatic heterocycles. The van der Waals surface area contributed by atoms with E-state index in [4.69, 9.17) is 0 Å². The van der Waals surface area contributed by atoms with Crippen LogP contribution < -0.4 is 10.6 Å². The molecule has 0 radical (unpaired) electrons. The van der Waals surface area contributed by atoms with E-state index in [0.29, 0.717) is 5.16 Å². The average Bonchev–Trinajstić information content (AvgIpc) is 3.44. The normalized spacial score (nSPS) is 23.3. The van der Waals surface area contributed by atoms with E-state index in [-0.39, 0.29) is 7.92 Å². The van der Waals surface area contributed by atoms with E-state index < -0.39 is 7.26 Å². The zero-order chi connectivity index (χ0) is 25.5. The molecule has 2 saturated carbocycles. The Morgan fingerprint density at radius 1 is 0.714 bits per heavy atom. The zero-order valence-electron chi connectivity index (χ0n) is 24.2. The van der Waals surface area contributed by atoms with Crippen molar-refractivity contribution in [3.8, 4) is 0 Å². The number of rotatable bonds is 6. The molecule has 0 saturated heterocycles. The average molecular weight is 511 g/mol. The summed E-state index contributed by atoms with van der Waals surface area (Å²) in [4.78, 5) is 0. The molecule has 1 unspecified atom stereocenters. The molecule has 194 valence electrons. The van der Waals surface area contributed by atoms with Crippen molar-refractivity contribution in [3.05, 3.63) is 58.7 Å². The van der Waals surface area contributed by atoms with Crippen LogP contribution in [0, 0.1) is 33.6 Å². The molecule has 2 aliphatic carbocycles. The van der Waals surface area contributed by atoms with Crippen LogP contribution in [0.15, 0.2) is 36.4 Å². The fraction of sp³-hybridized carbons (Fsp3) is 0.636. The van der Waals surface area contributed by atoms with Crippen molar-refractivity contribution in [1.29, 1.82) is 0 Å². The Hall–Kier alpha value is -0.700. The van der Waals surface area contributed by atoms with Gasteiger partial charge in [0.1, 0.15) is 0 Å². The molecule has 0 nitrogen and oxygen atoms in total. The Labute approximate surface area is 219 Å². The first-order chi connectivity index (χ1) is 16.4. The van der Waals surface area contributed by atoms with Gasteiger partial charge < -0.3 is 0 Å². The van der Waals surface area contributed by atoms with E-state index in [1.54, 1.807) is 10.6 Å². The van der Waals surface area contributed by atoms with E-state index in [9.17, 15) is 0 Å². The van der Waals surface area contributed by atoms with Crippen LogP contribution in [-0.2, 0) is 0 Å². The molecule has 2 aromatic rings. The van der Waals surface area contributed by atoms with Crippen LogP contribution >= 0.6 is 15.2 Å². The first-order valence-corrected chi connectivity index (χ1v) is 18.4. The third-order valence-electron chi connectivity index (χ3n) is 10.2. The molecule has 2 fully saturated rings. The predicted molar refractivity (Wildman–Crippen MR) is 165 cm³/mol. The van der Waals surface area contributed by atoms with Crippen molar-refractivity contribution in [2.45, 2.75) is 122 Å². The molecule has 4 rings (SSSR count). The quantitative estimate of drug-likeness (QED) is 0.340. The topological polar surface area (TPSA) is 0 Å². The second kappa shape index (κ2) is 10.6. The summed E-state index contributed by atoms with van der Waals surface area (Å²) in [5.41, 5.74) is 8.43. The minimum absolute atomic E-state index is 0.388. The van der Waals surface area contributed by atoms with Gasteiger partial charge in [0.2, 0.25) is 0 Å². The fourth-order valence-electron chi connectivity index (χ4n) is 8.30. The molecule has 2 aromatic carbocycles. The maximum atomic E-state index is 2.86. The summed E-state index contributed by atoms with van der Waals surface area (Å²) in [7, 11) is -1.88. The minimum atomic E-state index is -1.49. The van der Waals surface area contributed by atoms with Gasteiger partial charge in [0.25, 0.3) is 0 Å². The Morgan fingerprint density at radius 3 is 1.60 bits per heavy atom. The second-order valence-electron chi connectivity index (χ2n) is 13.5. The number of hydrogen-bond acceptors (Lipinski definition) is 0. The Balaban J connectivity index is 1.80. The summed E-state index contributed by atoms with van der Waals surface area (Å²) in [5, 5.41) is 3.71. The maximum absolute atomic E-state index is 2.86. The van der Waals surface area contributed by atoms with Crippen LogP contribution in [0.5, 0.6) is 0 Å². The van der Waals surface area contributed by atoms with Gasteiger partial charge in [-0.05, 0) is 0 Å². The summed E-state index contributed by atoms with van der Waals surface area (Å²) in [6.45, 7) is 22.5. The summed E-state index contributed by atoms with van der Waals surface area (Å²) < 4.78 is 0. The molecule has 3 atom stereocenters. The fourth-order valence-corrected chi connectivity index (χ4v) is 18.5. The van der Waals surface area contributed by atoms with Gasteiger partial charge in [-0.25, -0.2) is 0 Å². The van der Waals surface area contributed by atoms with Gasteiger partial charge in [-0.2, -0.15) is 0 Å². The molecule has 35 heavy (non-hydrogen) atoms. The molecule has 0 aromatic heterocycles. The van der Waals surface area contributed by atoms with E-state index in [1.807, 2.05) is 0 Å². The third-order valence-corrected chi connectivity index (χ3v) is 20.7. The molecule has 2 aliphatic rings. The molecule has 0 bridgehead atoms. The number of hydrogen-bond donors (Lipinski definition) is 0.